The number of hydrogen-bond donors (Lipinski definition) is 2. The van der Waals surface area contributed by atoms with E-state index in [0.717, 1.165) is 23.3 Å². The lowest BCUT2D eigenvalue weighted by Gasteiger charge is -2.20. The topological polar surface area (TPSA) is 105 Å². The second kappa shape index (κ2) is 9.59. The van der Waals surface area contributed by atoms with Crippen LogP contribution in [0.4, 0.5) is 10.1 Å². The molecule has 34 heavy (non-hydrogen) atoms. The number of amides is 2. The van der Waals surface area contributed by atoms with Crippen LogP contribution in [0.3, 0.4) is 0 Å². The van der Waals surface area contributed by atoms with E-state index in [0.29, 0.717) is 26.3 Å². The number of rotatable bonds is 8. The van der Waals surface area contributed by atoms with Gasteiger partial charge in [-0.05, 0) is 24.0 Å². The molecular formula is C23H24FN3O5S2. The molecule has 0 radical (unpaired) electrons. The number of nitrogens with zero attached hydrogens (tertiary/aromatic N) is 1. The fraction of sp³-hybridized carbons (Fsp3) is 0.304. The zero-order valence-corrected chi connectivity index (χ0v) is 20.3. The molecule has 4 rings (SSSR count). The molecule has 180 valence electrons. The van der Waals surface area contributed by atoms with Crippen LogP contribution in [0, 0.1) is 11.7 Å². The monoisotopic (exact) mass is 505 g/mol. The molecule has 2 amide bonds. The van der Waals surface area contributed by atoms with E-state index < -0.39 is 28.5 Å². The third-order valence-electron chi connectivity index (χ3n) is 5.24. The van der Waals surface area contributed by atoms with E-state index in [-0.39, 0.29) is 29.3 Å². The maximum atomic E-state index is 15.8. The summed E-state index contributed by atoms with van der Waals surface area (Å²) in [5.74, 6) is -1.60. The third-order valence-corrected chi connectivity index (χ3v) is 7.70. The highest BCUT2D eigenvalue weighted by molar-refractivity contribution is 7.92. The van der Waals surface area contributed by atoms with Gasteiger partial charge in [0.25, 0.3) is 11.8 Å². The van der Waals surface area contributed by atoms with E-state index in [1.807, 2.05) is 48.9 Å². The summed E-state index contributed by atoms with van der Waals surface area (Å²) in [4.78, 5) is 24.7. The summed E-state index contributed by atoms with van der Waals surface area (Å²) in [6, 6.07) is 12.0. The molecule has 0 spiro atoms. The van der Waals surface area contributed by atoms with Gasteiger partial charge >= 0.3 is 10.2 Å². The van der Waals surface area contributed by atoms with Crippen molar-refractivity contribution in [3.8, 4) is 5.75 Å². The molecule has 0 atom stereocenters. The van der Waals surface area contributed by atoms with Gasteiger partial charge in [0.2, 0.25) is 0 Å². The lowest BCUT2D eigenvalue weighted by Crippen LogP contribution is -2.30. The Hall–Kier alpha value is -3.18. The van der Waals surface area contributed by atoms with Gasteiger partial charge in [-0.15, -0.1) is 11.3 Å². The molecule has 0 aliphatic carbocycles. The van der Waals surface area contributed by atoms with Gasteiger partial charge in [-0.2, -0.15) is 8.42 Å². The van der Waals surface area contributed by atoms with Gasteiger partial charge in [0.05, 0.1) is 4.88 Å². The van der Waals surface area contributed by atoms with Crippen molar-refractivity contribution in [2.75, 3.05) is 17.4 Å². The third kappa shape index (κ3) is 5.00. The van der Waals surface area contributed by atoms with E-state index in [1.54, 1.807) is 0 Å². The van der Waals surface area contributed by atoms with Crippen molar-refractivity contribution < 1.29 is 27.1 Å². The number of anilines is 1. The van der Waals surface area contributed by atoms with Crippen LogP contribution < -0.4 is 19.1 Å². The fourth-order valence-electron chi connectivity index (χ4n) is 3.50. The van der Waals surface area contributed by atoms with E-state index in [9.17, 15) is 18.0 Å². The molecule has 2 aromatic carbocycles. The normalized spacial score (nSPS) is 15.1. The number of nitrogens with one attached hydrogen (secondary N) is 2. The number of benzene rings is 2. The molecule has 1 aromatic heterocycles. The Kier molecular flexibility index (Phi) is 6.76. The number of ether oxygens (including phenoxy) is 1. The van der Waals surface area contributed by atoms with Crippen molar-refractivity contribution in [3.63, 3.8) is 0 Å². The lowest BCUT2D eigenvalue weighted by atomic mass is 10.1. The summed E-state index contributed by atoms with van der Waals surface area (Å²) in [5, 5.41) is 2.90. The quantitative estimate of drug-likeness (QED) is 0.487. The summed E-state index contributed by atoms with van der Waals surface area (Å²) >= 11 is 1.08. The molecule has 11 heteroatoms. The molecule has 0 bridgehead atoms. The molecule has 2 N–H and O–H groups in total. The minimum atomic E-state index is -4.28. The number of hydrogen-bond acceptors (Lipinski definition) is 6. The lowest BCUT2D eigenvalue weighted by molar-refractivity contribution is -0.117. The van der Waals surface area contributed by atoms with Crippen molar-refractivity contribution in [3.05, 3.63) is 58.7 Å². The summed E-state index contributed by atoms with van der Waals surface area (Å²) in [6.07, 6.45) is 0.806. The highest BCUT2D eigenvalue weighted by Gasteiger charge is 2.38. The SMILES string of the molecule is CC(C)CCNC(=O)c1cc2c(F)c(N3CC(=O)NS3(=O)=O)c(OCc3ccccc3)cc2s1. The molecular weight excluding hydrogens is 481 g/mol. The van der Waals surface area contributed by atoms with Gasteiger partial charge in [-0.3, -0.25) is 9.59 Å². The number of halogens is 1. The van der Waals surface area contributed by atoms with E-state index >= 15 is 4.39 Å². The van der Waals surface area contributed by atoms with E-state index in [2.05, 4.69) is 5.32 Å². The summed E-state index contributed by atoms with van der Waals surface area (Å²) in [5.41, 5.74) is 0.426. The van der Waals surface area contributed by atoms with Crippen LogP contribution in [-0.4, -0.2) is 33.3 Å². The maximum Gasteiger partial charge on any atom is 0.326 e. The second-order valence-electron chi connectivity index (χ2n) is 8.31. The Balaban J connectivity index is 1.74. The Morgan fingerprint density at radius 2 is 2.00 bits per heavy atom. The predicted octanol–water partition coefficient (Wildman–Crippen LogP) is 3.58. The minimum Gasteiger partial charge on any atom is -0.487 e. The van der Waals surface area contributed by atoms with Crippen LogP contribution >= 0.6 is 11.3 Å². The molecule has 1 fully saturated rings. The summed E-state index contributed by atoms with van der Waals surface area (Å²) in [6.45, 7) is 4.07. The van der Waals surface area contributed by atoms with Crippen LogP contribution in [0.1, 0.15) is 35.5 Å². The predicted molar refractivity (Wildman–Crippen MR) is 129 cm³/mol. The van der Waals surface area contributed by atoms with E-state index in [1.165, 1.54) is 12.1 Å². The number of carbonyl (C=O) groups excluding carboxylic acids is 2. The Bertz CT molecular complexity index is 1340. The number of carbonyl (C=O) groups is 2. The molecule has 8 nitrogen and oxygen atoms in total. The highest BCUT2D eigenvalue weighted by atomic mass is 32.2. The Morgan fingerprint density at radius 3 is 2.65 bits per heavy atom. The van der Waals surface area contributed by atoms with Crippen molar-refractivity contribution in [2.24, 2.45) is 5.92 Å². The average Bonchev–Trinajstić information content (AvgIpc) is 3.32. The van der Waals surface area contributed by atoms with Gasteiger partial charge in [-0.25, -0.2) is 13.4 Å². The Labute approximate surface area is 200 Å². The summed E-state index contributed by atoms with van der Waals surface area (Å²) < 4.78 is 49.5. The highest BCUT2D eigenvalue weighted by Crippen LogP contribution is 2.42. The number of fused-ring (bicyclic) bond motifs is 1. The van der Waals surface area contributed by atoms with Crippen molar-refractivity contribution in [1.29, 1.82) is 0 Å². The zero-order chi connectivity index (χ0) is 24.5. The van der Waals surface area contributed by atoms with Gasteiger partial charge in [-0.1, -0.05) is 44.2 Å². The smallest absolute Gasteiger partial charge is 0.326 e. The molecule has 3 aromatic rings. The summed E-state index contributed by atoms with van der Waals surface area (Å²) in [7, 11) is -4.28. The van der Waals surface area contributed by atoms with Gasteiger partial charge < -0.3 is 10.1 Å². The number of thiophene rings is 1. The van der Waals surface area contributed by atoms with Gasteiger partial charge in [0, 0.05) is 22.7 Å². The standard InChI is InChI=1S/C23H24FN3O5S2/c1-14(2)8-9-25-23(29)19-10-16-18(33-19)11-17(32-13-15-6-4-3-5-7-15)22(21(16)24)27-12-20(28)26-34(27,30)31/h3-7,10-11,14H,8-9,12-13H2,1-2H3,(H,25,29)(H,26,28). The van der Waals surface area contributed by atoms with Crippen LogP contribution in [0.15, 0.2) is 42.5 Å². The van der Waals surface area contributed by atoms with Crippen LogP contribution in [0.5, 0.6) is 5.75 Å². The first-order chi connectivity index (χ1) is 16.2. The second-order valence-corrected chi connectivity index (χ2v) is 11.0. The fourth-order valence-corrected chi connectivity index (χ4v) is 5.67. The molecule has 2 heterocycles. The average molecular weight is 506 g/mol. The molecule has 1 saturated heterocycles. The maximum absolute atomic E-state index is 15.8. The molecule has 0 unspecified atom stereocenters. The largest absolute Gasteiger partial charge is 0.487 e. The van der Waals surface area contributed by atoms with Crippen molar-refractivity contribution in [1.82, 2.24) is 10.0 Å². The van der Waals surface area contributed by atoms with E-state index in [4.69, 9.17) is 4.74 Å². The Morgan fingerprint density at radius 1 is 1.26 bits per heavy atom. The molecule has 1 aliphatic rings. The van der Waals surface area contributed by atoms with Gasteiger partial charge in [0.15, 0.2) is 5.82 Å². The minimum absolute atomic E-state index is 0.0393. The molecule has 1 aliphatic heterocycles. The molecule has 0 saturated carbocycles. The van der Waals surface area contributed by atoms with Gasteiger partial charge in [0.1, 0.15) is 24.6 Å². The first-order valence-corrected chi connectivity index (χ1v) is 13.0. The first-order valence-electron chi connectivity index (χ1n) is 10.7. The van der Waals surface area contributed by atoms with Crippen LogP contribution in [0.2, 0.25) is 0 Å². The van der Waals surface area contributed by atoms with Crippen molar-refractivity contribution >= 4 is 49.1 Å². The van der Waals surface area contributed by atoms with Crippen LogP contribution in [-0.2, 0) is 21.6 Å². The first kappa shape index (κ1) is 24.0. The van der Waals surface area contributed by atoms with Crippen molar-refractivity contribution in [2.45, 2.75) is 26.9 Å². The van der Waals surface area contributed by atoms with Crippen LogP contribution in [0.25, 0.3) is 10.1 Å². The zero-order valence-electron chi connectivity index (χ0n) is 18.6.